The Morgan fingerprint density at radius 3 is 2.78 bits per heavy atom. The lowest BCUT2D eigenvalue weighted by atomic mass is 9.77. The number of amides is 1. The molecule has 23 heavy (non-hydrogen) atoms. The molecule has 3 aromatic rings. The summed E-state index contributed by atoms with van der Waals surface area (Å²) in [6.07, 6.45) is 0.517. The number of anilines is 1. The Labute approximate surface area is 134 Å². The van der Waals surface area contributed by atoms with E-state index in [1.807, 2.05) is 12.1 Å². The van der Waals surface area contributed by atoms with E-state index >= 15 is 0 Å². The molecular weight excluding hydrogens is 286 g/mol. The number of nitrogens with zero attached hydrogens (tertiary/aromatic N) is 1. The van der Waals surface area contributed by atoms with E-state index in [0.717, 1.165) is 28.1 Å². The Balaban J connectivity index is 1.83. The van der Waals surface area contributed by atoms with Crippen LogP contribution in [-0.2, 0) is 10.2 Å². The molecule has 116 valence electrons. The van der Waals surface area contributed by atoms with Gasteiger partial charge in [-0.3, -0.25) is 4.79 Å². The fraction of sp³-hybridized carbons (Fsp3) is 0.263. The van der Waals surface area contributed by atoms with Crippen molar-refractivity contribution in [1.29, 1.82) is 0 Å². The van der Waals surface area contributed by atoms with E-state index in [2.05, 4.69) is 60.3 Å². The smallest absolute Gasteiger partial charge is 0.225 e. The van der Waals surface area contributed by atoms with Crippen molar-refractivity contribution >= 4 is 22.6 Å². The van der Waals surface area contributed by atoms with Crippen LogP contribution in [-0.4, -0.2) is 15.9 Å². The maximum absolute atomic E-state index is 11.9. The lowest BCUT2D eigenvalue weighted by Gasteiger charge is -2.32. The predicted octanol–water partition coefficient (Wildman–Crippen LogP) is 4.16. The summed E-state index contributed by atoms with van der Waals surface area (Å²) in [4.78, 5) is 20.0. The van der Waals surface area contributed by atoms with E-state index in [-0.39, 0.29) is 11.3 Å². The van der Waals surface area contributed by atoms with Gasteiger partial charge < -0.3 is 10.3 Å². The maximum Gasteiger partial charge on any atom is 0.225 e. The Hall–Kier alpha value is -2.62. The molecule has 2 N–H and O–H groups in total. The molecule has 0 atom stereocenters. The minimum absolute atomic E-state index is 0.0693. The second-order valence-electron chi connectivity index (χ2n) is 6.98. The van der Waals surface area contributed by atoms with Crippen molar-refractivity contribution in [2.24, 2.45) is 0 Å². The van der Waals surface area contributed by atoms with Gasteiger partial charge in [-0.25, -0.2) is 4.98 Å². The summed E-state index contributed by atoms with van der Waals surface area (Å²) < 4.78 is 0. The number of nitrogens with one attached hydrogen (secondary N) is 2. The number of aryl methyl sites for hydroxylation is 1. The van der Waals surface area contributed by atoms with Crippen molar-refractivity contribution in [2.45, 2.75) is 32.6 Å². The fourth-order valence-corrected chi connectivity index (χ4v) is 3.34. The van der Waals surface area contributed by atoms with Crippen LogP contribution in [0.3, 0.4) is 0 Å². The van der Waals surface area contributed by atoms with Crippen LogP contribution in [0.2, 0.25) is 0 Å². The summed E-state index contributed by atoms with van der Waals surface area (Å²) in [7, 11) is 0. The number of imidazole rings is 1. The number of hydrogen-bond acceptors (Lipinski definition) is 2. The molecule has 0 saturated carbocycles. The molecule has 2 heterocycles. The van der Waals surface area contributed by atoms with Gasteiger partial charge in [-0.1, -0.05) is 32.0 Å². The van der Waals surface area contributed by atoms with Gasteiger partial charge in [-0.2, -0.15) is 0 Å². The third kappa shape index (κ3) is 2.31. The average molecular weight is 305 g/mol. The predicted molar refractivity (Wildman–Crippen MR) is 92.5 cm³/mol. The molecule has 0 spiro atoms. The summed E-state index contributed by atoms with van der Waals surface area (Å²) in [6, 6.07) is 12.4. The molecule has 1 aromatic heterocycles. The molecule has 4 heteroatoms. The second-order valence-corrected chi connectivity index (χ2v) is 6.98. The normalized spacial score (nSPS) is 16.2. The molecule has 1 aliphatic rings. The molecule has 0 radical (unpaired) electrons. The molecule has 0 aliphatic carbocycles. The van der Waals surface area contributed by atoms with Crippen molar-refractivity contribution in [3.63, 3.8) is 0 Å². The lowest BCUT2D eigenvalue weighted by molar-refractivity contribution is -0.117. The quantitative estimate of drug-likeness (QED) is 0.709. The van der Waals surface area contributed by atoms with E-state index in [4.69, 9.17) is 0 Å². The zero-order chi connectivity index (χ0) is 16.2. The van der Waals surface area contributed by atoms with E-state index in [1.54, 1.807) is 0 Å². The van der Waals surface area contributed by atoms with Crippen LogP contribution in [0, 0.1) is 6.92 Å². The minimum Gasteiger partial charge on any atom is -0.338 e. The lowest BCUT2D eigenvalue weighted by Crippen LogP contribution is -2.32. The fourth-order valence-electron chi connectivity index (χ4n) is 3.34. The maximum atomic E-state index is 11.9. The number of benzene rings is 2. The molecule has 1 aliphatic heterocycles. The van der Waals surface area contributed by atoms with E-state index in [1.165, 1.54) is 11.1 Å². The Bertz CT molecular complexity index is 937. The second kappa shape index (κ2) is 4.69. The van der Waals surface area contributed by atoms with Crippen molar-refractivity contribution in [3.05, 3.63) is 47.5 Å². The standard InChI is InChI=1S/C19H19N3O/c1-11-4-7-14-16(8-11)22-18(21-14)12-5-6-13-15(9-12)20-17(23)10-19(13,2)3/h4-9H,10H2,1-3H3,(H,20,23)(H,21,22). The summed E-state index contributed by atoms with van der Waals surface area (Å²) in [5, 5.41) is 2.99. The van der Waals surface area contributed by atoms with Crippen LogP contribution in [0.5, 0.6) is 0 Å². The zero-order valence-corrected chi connectivity index (χ0v) is 13.5. The summed E-state index contributed by atoms with van der Waals surface area (Å²) >= 11 is 0. The Morgan fingerprint density at radius 1 is 1.13 bits per heavy atom. The number of H-pyrrole nitrogens is 1. The first kappa shape index (κ1) is 14.0. The number of fused-ring (bicyclic) bond motifs is 2. The van der Waals surface area contributed by atoms with Gasteiger partial charge >= 0.3 is 0 Å². The topological polar surface area (TPSA) is 57.8 Å². The zero-order valence-electron chi connectivity index (χ0n) is 13.5. The van der Waals surface area contributed by atoms with Crippen LogP contribution in [0.4, 0.5) is 5.69 Å². The monoisotopic (exact) mass is 305 g/mol. The van der Waals surface area contributed by atoms with Gasteiger partial charge in [0.2, 0.25) is 5.91 Å². The number of carbonyl (C=O) groups excluding carboxylic acids is 1. The van der Waals surface area contributed by atoms with E-state index in [9.17, 15) is 4.79 Å². The van der Waals surface area contributed by atoms with Gasteiger partial charge in [0.05, 0.1) is 11.0 Å². The number of aromatic amines is 1. The third-order valence-electron chi connectivity index (χ3n) is 4.54. The molecular formula is C19H19N3O. The SMILES string of the molecule is Cc1ccc2nc(-c3ccc4c(c3)NC(=O)CC4(C)C)[nH]c2c1. The van der Waals surface area contributed by atoms with Crippen molar-refractivity contribution in [3.8, 4) is 11.4 Å². The first-order chi connectivity index (χ1) is 10.9. The largest absolute Gasteiger partial charge is 0.338 e. The van der Waals surface area contributed by atoms with Crippen LogP contribution < -0.4 is 5.32 Å². The van der Waals surface area contributed by atoms with Crippen LogP contribution >= 0.6 is 0 Å². The highest BCUT2D eigenvalue weighted by Crippen LogP contribution is 2.38. The highest BCUT2D eigenvalue weighted by molar-refractivity contribution is 5.96. The highest BCUT2D eigenvalue weighted by Gasteiger charge is 2.31. The molecule has 2 aromatic carbocycles. The highest BCUT2D eigenvalue weighted by atomic mass is 16.1. The third-order valence-corrected chi connectivity index (χ3v) is 4.54. The van der Waals surface area contributed by atoms with Gasteiger partial charge in [0, 0.05) is 23.1 Å². The van der Waals surface area contributed by atoms with Crippen LogP contribution in [0.1, 0.15) is 31.4 Å². The first-order valence-corrected chi connectivity index (χ1v) is 7.83. The minimum atomic E-state index is -0.138. The van der Waals surface area contributed by atoms with Gasteiger partial charge in [0.15, 0.2) is 0 Å². The van der Waals surface area contributed by atoms with Gasteiger partial charge in [-0.05, 0) is 36.2 Å². The summed E-state index contributed by atoms with van der Waals surface area (Å²) in [5.74, 6) is 0.894. The molecule has 1 amide bonds. The molecule has 0 bridgehead atoms. The van der Waals surface area contributed by atoms with Crippen LogP contribution in [0.25, 0.3) is 22.4 Å². The Kier molecular flexibility index (Phi) is 2.85. The number of rotatable bonds is 1. The number of aromatic nitrogens is 2. The van der Waals surface area contributed by atoms with Crippen LogP contribution in [0.15, 0.2) is 36.4 Å². The molecule has 0 fully saturated rings. The van der Waals surface area contributed by atoms with E-state index < -0.39 is 0 Å². The van der Waals surface area contributed by atoms with Crippen molar-refractivity contribution < 1.29 is 4.79 Å². The molecule has 4 rings (SSSR count). The molecule has 0 saturated heterocycles. The molecule has 0 unspecified atom stereocenters. The molecule has 4 nitrogen and oxygen atoms in total. The number of carbonyl (C=O) groups is 1. The van der Waals surface area contributed by atoms with E-state index in [0.29, 0.717) is 6.42 Å². The average Bonchev–Trinajstić information content (AvgIpc) is 2.88. The summed E-state index contributed by atoms with van der Waals surface area (Å²) in [5.41, 5.74) is 6.09. The summed E-state index contributed by atoms with van der Waals surface area (Å²) in [6.45, 7) is 6.28. The Morgan fingerprint density at radius 2 is 1.96 bits per heavy atom. The first-order valence-electron chi connectivity index (χ1n) is 7.83. The number of hydrogen-bond donors (Lipinski definition) is 2. The van der Waals surface area contributed by atoms with Gasteiger partial charge in [0.1, 0.15) is 5.82 Å². The van der Waals surface area contributed by atoms with Gasteiger partial charge in [0.25, 0.3) is 0 Å². The van der Waals surface area contributed by atoms with Crippen molar-refractivity contribution in [2.75, 3.05) is 5.32 Å². The van der Waals surface area contributed by atoms with Gasteiger partial charge in [-0.15, -0.1) is 0 Å². The van der Waals surface area contributed by atoms with Crippen molar-refractivity contribution in [1.82, 2.24) is 9.97 Å².